The normalized spacial score (nSPS) is 11.7. The maximum atomic E-state index is 9.85. The van der Waals surface area contributed by atoms with E-state index < -0.39 is 5.60 Å². The Kier molecular flexibility index (Phi) is 6.30. The quantitative estimate of drug-likeness (QED) is 0.755. The minimum atomic E-state index is -0.692. The van der Waals surface area contributed by atoms with Crippen LogP contribution in [0.2, 0.25) is 0 Å². The van der Waals surface area contributed by atoms with E-state index in [1.54, 1.807) is 0 Å². The van der Waals surface area contributed by atoms with Gasteiger partial charge in [-0.2, -0.15) is 0 Å². The van der Waals surface area contributed by atoms with Crippen molar-refractivity contribution in [1.82, 2.24) is 5.32 Å². The fourth-order valence-electron chi connectivity index (χ4n) is 1.99. The molecule has 1 aromatic carbocycles. The van der Waals surface area contributed by atoms with Crippen LogP contribution in [0.3, 0.4) is 0 Å². The van der Waals surface area contributed by atoms with Crippen molar-refractivity contribution in [1.29, 1.82) is 0 Å². The van der Waals surface area contributed by atoms with Gasteiger partial charge in [0, 0.05) is 30.3 Å². The third-order valence-electron chi connectivity index (χ3n) is 2.84. The minimum Gasteiger partial charge on any atom is -0.389 e. The van der Waals surface area contributed by atoms with Gasteiger partial charge in [0.05, 0.1) is 5.60 Å². The van der Waals surface area contributed by atoms with Crippen molar-refractivity contribution < 1.29 is 5.11 Å². The summed E-state index contributed by atoms with van der Waals surface area (Å²) in [5.74, 6) is 0. The molecule has 0 radical (unpaired) electrons. The van der Waals surface area contributed by atoms with Gasteiger partial charge >= 0.3 is 0 Å². The van der Waals surface area contributed by atoms with Gasteiger partial charge in [-0.1, -0.05) is 28.9 Å². The number of nitrogens with zero attached hydrogens (tertiary/aromatic N) is 1. The van der Waals surface area contributed by atoms with E-state index in [0.29, 0.717) is 6.54 Å². The second-order valence-corrected chi connectivity index (χ2v) is 6.48. The Morgan fingerprint density at radius 1 is 1.37 bits per heavy atom. The van der Waals surface area contributed by atoms with Gasteiger partial charge in [-0.05, 0) is 44.5 Å². The van der Waals surface area contributed by atoms with Crippen LogP contribution in [0.1, 0.15) is 32.8 Å². The molecule has 0 unspecified atom stereocenters. The maximum absolute atomic E-state index is 9.85. The summed E-state index contributed by atoms with van der Waals surface area (Å²) in [7, 11) is 1.99. The molecule has 2 N–H and O–H groups in total. The summed E-state index contributed by atoms with van der Waals surface area (Å²) < 4.78 is 1.11. The van der Waals surface area contributed by atoms with Gasteiger partial charge in [0.1, 0.15) is 0 Å². The molecule has 0 aliphatic heterocycles. The molecular formula is C15H25BrN2O. The molecule has 1 rings (SSSR count). The summed E-state index contributed by atoms with van der Waals surface area (Å²) in [6, 6.07) is 6.33. The molecule has 0 aliphatic rings. The summed E-state index contributed by atoms with van der Waals surface area (Å²) in [6.07, 6.45) is 1.14. The SMILES string of the molecule is CCCNCc1ccc(N(C)CC(C)(C)O)cc1Br. The van der Waals surface area contributed by atoms with E-state index in [2.05, 4.69) is 51.3 Å². The zero-order valence-corrected chi connectivity index (χ0v) is 13.9. The lowest BCUT2D eigenvalue weighted by atomic mass is 10.1. The van der Waals surface area contributed by atoms with E-state index in [4.69, 9.17) is 0 Å². The number of aliphatic hydroxyl groups is 1. The van der Waals surface area contributed by atoms with Crippen LogP contribution >= 0.6 is 15.9 Å². The number of hydrogen-bond donors (Lipinski definition) is 2. The zero-order valence-electron chi connectivity index (χ0n) is 12.3. The average Bonchev–Trinajstić information content (AvgIpc) is 2.29. The van der Waals surface area contributed by atoms with Gasteiger partial charge in [-0.3, -0.25) is 0 Å². The van der Waals surface area contributed by atoms with Crippen molar-refractivity contribution in [3.8, 4) is 0 Å². The fraction of sp³-hybridized carbons (Fsp3) is 0.600. The van der Waals surface area contributed by atoms with Crippen LogP contribution < -0.4 is 10.2 Å². The molecule has 0 heterocycles. The molecule has 4 heteroatoms. The second kappa shape index (κ2) is 7.27. The summed E-state index contributed by atoms with van der Waals surface area (Å²) in [5, 5.41) is 13.2. The number of benzene rings is 1. The predicted molar refractivity (Wildman–Crippen MR) is 85.7 cm³/mol. The number of rotatable bonds is 7. The Balaban J connectivity index is 2.70. The van der Waals surface area contributed by atoms with Crippen molar-refractivity contribution >= 4 is 21.6 Å². The maximum Gasteiger partial charge on any atom is 0.0765 e. The predicted octanol–water partition coefficient (Wildman–Crippen LogP) is 3.16. The van der Waals surface area contributed by atoms with E-state index >= 15 is 0 Å². The summed E-state index contributed by atoms with van der Waals surface area (Å²) in [6.45, 7) is 8.32. The molecule has 0 atom stereocenters. The third kappa shape index (κ3) is 5.93. The lowest BCUT2D eigenvalue weighted by molar-refractivity contribution is 0.0886. The fourth-order valence-corrected chi connectivity index (χ4v) is 2.50. The molecule has 0 aliphatic carbocycles. The molecule has 0 bridgehead atoms. The van der Waals surface area contributed by atoms with Crippen molar-refractivity contribution in [2.45, 2.75) is 39.3 Å². The minimum absolute atomic E-state index is 0.604. The third-order valence-corrected chi connectivity index (χ3v) is 3.58. The first-order valence-electron chi connectivity index (χ1n) is 6.76. The number of anilines is 1. The number of nitrogens with one attached hydrogen (secondary N) is 1. The smallest absolute Gasteiger partial charge is 0.0765 e. The van der Waals surface area contributed by atoms with Gasteiger partial charge in [0.2, 0.25) is 0 Å². The molecule has 0 fully saturated rings. The first kappa shape index (κ1) is 16.5. The van der Waals surface area contributed by atoms with E-state index in [1.807, 2.05) is 20.9 Å². The van der Waals surface area contributed by atoms with Crippen LogP contribution in [-0.2, 0) is 6.54 Å². The average molecular weight is 329 g/mol. The number of likely N-dealkylation sites (N-methyl/N-ethyl adjacent to an activating group) is 1. The van der Waals surface area contributed by atoms with E-state index in [1.165, 1.54) is 5.56 Å². The highest BCUT2D eigenvalue weighted by Crippen LogP contribution is 2.24. The van der Waals surface area contributed by atoms with Crippen LogP contribution in [0, 0.1) is 0 Å². The molecule has 19 heavy (non-hydrogen) atoms. The van der Waals surface area contributed by atoms with Crippen LogP contribution in [0.25, 0.3) is 0 Å². The standard InChI is InChI=1S/C15H25BrN2O/c1-5-8-17-10-12-6-7-13(9-14(12)16)18(4)11-15(2,3)19/h6-7,9,17,19H,5,8,10-11H2,1-4H3. The van der Waals surface area contributed by atoms with Crippen LogP contribution in [-0.4, -0.2) is 30.8 Å². The van der Waals surface area contributed by atoms with Crippen molar-refractivity contribution in [2.75, 3.05) is 25.0 Å². The first-order chi connectivity index (χ1) is 8.83. The van der Waals surface area contributed by atoms with Gasteiger partial charge in [0.15, 0.2) is 0 Å². The Labute approximate surface area is 125 Å². The van der Waals surface area contributed by atoms with Gasteiger partial charge in [-0.25, -0.2) is 0 Å². The molecular weight excluding hydrogens is 304 g/mol. The largest absolute Gasteiger partial charge is 0.389 e. The van der Waals surface area contributed by atoms with E-state index in [0.717, 1.165) is 29.7 Å². The van der Waals surface area contributed by atoms with Crippen LogP contribution in [0.15, 0.2) is 22.7 Å². The van der Waals surface area contributed by atoms with Crippen LogP contribution in [0.4, 0.5) is 5.69 Å². The van der Waals surface area contributed by atoms with Crippen molar-refractivity contribution in [3.05, 3.63) is 28.2 Å². The topological polar surface area (TPSA) is 35.5 Å². The number of halogens is 1. The molecule has 0 saturated carbocycles. The number of hydrogen-bond acceptors (Lipinski definition) is 3. The second-order valence-electron chi connectivity index (χ2n) is 5.62. The Morgan fingerprint density at radius 3 is 2.58 bits per heavy atom. The highest BCUT2D eigenvalue weighted by Gasteiger charge is 2.16. The molecule has 0 saturated heterocycles. The Hall–Kier alpha value is -0.580. The summed E-state index contributed by atoms with van der Waals surface area (Å²) in [4.78, 5) is 2.06. The molecule has 3 nitrogen and oxygen atoms in total. The van der Waals surface area contributed by atoms with Crippen molar-refractivity contribution in [2.24, 2.45) is 0 Å². The molecule has 1 aromatic rings. The van der Waals surface area contributed by atoms with Crippen LogP contribution in [0.5, 0.6) is 0 Å². The van der Waals surface area contributed by atoms with E-state index in [9.17, 15) is 5.11 Å². The highest BCUT2D eigenvalue weighted by atomic mass is 79.9. The van der Waals surface area contributed by atoms with E-state index in [-0.39, 0.29) is 0 Å². The van der Waals surface area contributed by atoms with Crippen molar-refractivity contribution in [3.63, 3.8) is 0 Å². The Bertz CT molecular complexity index is 402. The lowest BCUT2D eigenvalue weighted by Crippen LogP contribution is -2.36. The molecule has 108 valence electrons. The summed E-state index contributed by atoms with van der Waals surface area (Å²) >= 11 is 3.62. The molecule has 0 aromatic heterocycles. The van der Waals surface area contributed by atoms with Gasteiger partial charge in [-0.15, -0.1) is 0 Å². The monoisotopic (exact) mass is 328 g/mol. The summed E-state index contributed by atoms with van der Waals surface area (Å²) in [5.41, 5.74) is 1.67. The zero-order chi connectivity index (χ0) is 14.5. The first-order valence-corrected chi connectivity index (χ1v) is 7.55. The highest BCUT2D eigenvalue weighted by molar-refractivity contribution is 9.10. The Morgan fingerprint density at radius 2 is 2.05 bits per heavy atom. The molecule has 0 amide bonds. The van der Waals surface area contributed by atoms with Gasteiger partial charge in [0.25, 0.3) is 0 Å². The lowest BCUT2D eigenvalue weighted by Gasteiger charge is -2.27. The molecule has 0 spiro atoms. The van der Waals surface area contributed by atoms with Gasteiger partial charge < -0.3 is 15.3 Å².